The Kier molecular flexibility index (Phi) is 5.28. The van der Waals surface area contributed by atoms with E-state index in [1.807, 2.05) is 34.4 Å². The molecule has 0 atom stereocenters. The van der Waals surface area contributed by atoms with E-state index in [0.717, 1.165) is 18.7 Å². The first-order valence-electron chi connectivity index (χ1n) is 9.19. The van der Waals surface area contributed by atoms with E-state index in [4.69, 9.17) is 4.42 Å². The number of carbonyl (C=O) groups is 1. The zero-order valence-corrected chi connectivity index (χ0v) is 16.0. The lowest BCUT2D eigenvalue weighted by atomic mass is 10.2. The fourth-order valence-electron chi connectivity index (χ4n) is 3.43. The van der Waals surface area contributed by atoms with Crippen LogP contribution in [-0.4, -0.2) is 36.2 Å². The SMILES string of the molecule is CCn1c(SCC(=O)Nc2ccnn2C2CCCC2)nnc1-c1ccco1. The Balaban J connectivity index is 1.40. The largest absolute Gasteiger partial charge is 0.461 e. The molecule has 1 amide bonds. The highest BCUT2D eigenvalue weighted by molar-refractivity contribution is 7.99. The third-order valence-corrected chi connectivity index (χ3v) is 5.68. The van der Waals surface area contributed by atoms with Gasteiger partial charge in [-0.25, -0.2) is 4.68 Å². The van der Waals surface area contributed by atoms with Crippen LogP contribution in [0.25, 0.3) is 11.6 Å². The van der Waals surface area contributed by atoms with Crippen molar-refractivity contribution in [2.75, 3.05) is 11.1 Å². The summed E-state index contributed by atoms with van der Waals surface area (Å²) in [5.41, 5.74) is 0. The van der Waals surface area contributed by atoms with Gasteiger partial charge in [-0.2, -0.15) is 5.10 Å². The Morgan fingerprint density at radius 2 is 2.19 bits per heavy atom. The van der Waals surface area contributed by atoms with E-state index in [-0.39, 0.29) is 11.7 Å². The Morgan fingerprint density at radius 3 is 2.93 bits per heavy atom. The maximum Gasteiger partial charge on any atom is 0.235 e. The van der Waals surface area contributed by atoms with Crippen molar-refractivity contribution in [3.05, 3.63) is 30.7 Å². The number of rotatable bonds is 7. The highest BCUT2D eigenvalue weighted by atomic mass is 32.2. The summed E-state index contributed by atoms with van der Waals surface area (Å²) in [5.74, 6) is 2.28. The summed E-state index contributed by atoms with van der Waals surface area (Å²) >= 11 is 1.36. The molecule has 3 aromatic heterocycles. The van der Waals surface area contributed by atoms with Gasteiger partial charge in [0.1, 0.15) is 5.82 Å². The average molecular weight is 386 g/mol. The second-order valence-electron chi connectivity index (χ2n) is 6.46. The zero-order valence-electron chi connectivity index (χ0n) is 15.2. The first-order valence-corrected chi connectivity index (χ1v) is 10.2. The van der Waals surface area contributed by atoms with Crippen LogP contribution < -0.4 is 5.32 Å². The molecule has 0 radical (unpaired) electrons. The smallest absolute Gasteiger partial charge is 0.235 e. The van der Waals surface area contributed by atoms with E-state index in [1.165, 1.54) is 24.6 Å². The normalized spacial score (nSPS) is 14.7. The molecule has 8 nitrogen and oxygen atoms in total. The molecule has 0 unspecified atom stereocenters. The molecule has 27 heavy (non-hydrogen) atoms. The van der Waals surface area contributed by atoms with E-state index in [9.17, 15) is 4.79 Å². The number of thioether (sulfide) groups is 1. The van der Waals surface area contributed by atoms with Gasteiger partial charge in [-0.15, -0.1) is 10.2 Å². The van der Waals surface area contributed by atoms with Crippen LogP contribution >= 0.6 is 11.8 Å². The van der Waals surface area contributed by atoms with E-state index >= 15 is 0 Å². The quantitative estimate of drug-likeness (QED) is 0.624. The van der Waals surface area contributed by atoms with Crippen LogP contribution in [0, 0.1) is 0 Å². The standard InChI is InChI=1S/C18H22N6O2S/c1-2-23-17(14-8-5-11-26-14)21-22-18(23)27-12-16(25)20-15-9-10-19-24(15)13-6-3-4-7-13/h5,8-11,13H,2-4,6-7,12H2,1H3,(H,20,25). The van der Waals surface area contributed by atoms with Crippen LogP contribution in [0.5, 0.6) is 0 Å². The maximum atomic E-state index is 12.4. The van der Waals surface area contributed by atoms with Crippen molar-refractivity contribution in [1.29, 1.82) is 0 Å². The number of nitrogens with one attached hydrogen (secondary N) is 1. The molecule has 4 rings (SSSR count). The molecule has 0 bridgehead atoms. The van der Waals surface area contributed by atoms with Crippen molar-refractivity contribution in [2.24, 2.45) is 0 Å². The van der Waals surface area contributed by atoms with Crippen molar-refractivity contribution >= 4 is 23.5 Å². The van der Waals surface area contributed by atoms with E-state index < -0.39 is 0 Å². The molecule has 9 heteroatoms. The topological polar surface area (TPSA) is 90.8 Å². The number of furan rings is 1. The van der Waals surface area contributed by atoms with Crippen LogP contribution in [0.3, 0.4) is 0 Å². The monoisotopic (exact) mass is 386 g/mol. The highest BCUT2D eigenvalue weighted by Crippen LogP contribution is 2.31. The Morgan fingerprint density at radius 1 is 1.33 bits per heavy atom. The summed E-state index contributed by atoms with van der Waals surface area (Å²) in [6.07, 6.45) is 8.03. The molecule has 0 spiro atoms. The van der Waals surface area contributed by atoms with Crippen molar-refractivity contribution in [3.8, 4) is 11.6 Å². The lowest BCUT2D eigenvalue weighted by Crippen LogP contribution is -2.19. The molecule has 142 valence electrons. The second kappa shape index (κ2) is 7.99. The summed E-state index contributed by atoms with van der Waals surface area (Å²) in [6, 6.07) is 5.91. The van der Waals surface area contributed by atoms with Gasteiger partial charge in [0.2, 0.25) is 5.91 Å². The summed E-state index contributed by atoms with van der Waals surface area (Å²) in [4.78, 5) is 12.4. The first-order chi connectivity index (χ1) is 13.3. The Bertz CT molecular complexity index is 895. The van der Waals surface area contributed by atoms with Crippen LogP contribution in [-0.2, 0) is 11.3 Å². The molecule has 0 aliphatic heterocycles. The van der Waals surface area contributed by atoms with Gasteiger partial charge >= 0.3 is 0 Å². The first kappa shape index (κ1) is 17.8. The predicted octanol–water partition coefficient (Wildman–Crippen LogP) is 3.60. The third-order valence-electron chi connectivity index (χ3n) is 4.72. The zero-order chi connectivity index (χ0) is 18.6. The van der Waals surface area contributed by atoms with E-state index in [0.29, 0.717) is 29.3 Å². The molecular formula is C18H22N6O2S. The summed E-state index contributed by atoms with van der Waals surface area (Å²) in [6.45, 7) is 2.71. The van der Waals surface area contributed by atoms with Gasteiger partial charge in [-0.3, -0.25) is 9.36 Å². The molecule has 1 aliphatic rings. The van der Waals surface area contributed by atoms with Crippen molar-refractivity contribution in [3.63, 3.8) is 0 Å². The lowest BCUT2D eigenvalue weighted by Gasteiger charge is -2.14. The highest BCUT2D eigenvalue weighted by Gasteiger charge is 2.21. The van der Waals surface area contributed by atoms with Crippen LogP contribution in [0.2, 0.25) is 0 Å². The molecule has 0 saturated heterocycles. The summed E-state index contributed by atoms with van der Waals surface area (Å²) < 4.78 is 9.30. The second-order valence-corrected chi connectivity index (χ2v) is 7.41. The molecule has 1 saturated carbocycles. The lowest BCUT2D eigenvalue weighted by molar-refractivity contribution is -0.113. The average Bonchev–Trinajstić information content (AvgIpc) is 3.46. The number of carbonyl (C=O) groups excluding carboxylic acids is 1. The van der Waals surface area contributed by atoms with Gasteiger partial charge in [0, 0.05) is 12.6 Å². The van der Waals surface area contributed by atoms with E-state index in [2.05, 4.69) is 20.6 Å². The van der Waals surface area contributed by atoms with Gasteiger partial charge < -0.3 is 9.73 Å². The van der Waals surface area contributed by atoms with E-state index in [1.54, 1.807) is 12.5 Å². The Labute approximate surface area is 161 Å². The summed E-state index contributed by atoms with van der Waals surface area (Å²) in [7, 11) is 0. The number of hydrogen-bond donors (Lipinski definition) is 1. The van der Waals surface area contributed by atoms with Crippen molar-refractivity contribution in [1.82, 2.24) is 24.5 Å². The minimum atomic E-state index is -0.0788. The number of anilines is 1. The number of nitrogens with zero attached hydrogens (tertiary/aromatic N) is 5. The Hall–Kier alpha value is -2.55. The maximum absolute atomic E-state index is 12.4. The number of hydrogen-bond acceptors (Lipinski definition) is 6. The molecule has 3 heterocycles. The molecule has 3 aromatic rings. The minimum Gasteiger partial charge on any atom is -0.461 e. The van der Waals surface area contributed by atoms with Gasteiger partial charge in [0.25, 0.3) is 0 Å². The fraction of sp³-hybridized carbons (Fsp3) is 0.444. The van der Waals surface area contributed by atoms with Crippen LogP contribution in [0.15, 0.2) is 40.2 Å². The fourth-order valence-corrected chi connectivity index (χ4v) is 4.23. The predicted molar refractivity (Wildman–Crippen MR) is 102 cm³/mol. The van der Waals surface area contributed by atoms with Crippen molar-refractivity contribution < 1.29 is 9.21 Å². The van der Waals surface area contributed by atoms with Gasteiger partial charge in [-0.1, -0.05) is 24.6 Å². The minimum absolute atomic E-state index is 0.0788. The number of aromatic nitrogens is 5. The molecular weight excluding hydrogens is 364 g/mol. The number of amides is 1. The molecule has 1 N–H and O–H groups in total. The third kappa shape index (κ3) is 3.78. The van der Waals surface area contributed by atoms with Gasteiger partial charge in [0.05, 0.1) is 24.3 Å². The molecule has 1 fully saturated rings. The summed E-state index contributed by atoms with van der Waals surface area (Å²) in [5, 5.41) is 16.5. The molecule has 0 aromatic carbocycles. The van der Waals surface area contributed by atoms with Gasteiger partial charge in [0.15, 0.2) is 16.7 Å². The molecule has 1 aliphatic carbocycles. The van der Waals surface area contributed by atoms with Crippen LogP contribution in [0.1, 0.15) is 38.6 Å². The van der Waals surface area contributed by atoms with Crippen molar-refractivity contribution in [2.45, 2.75) is 50.4 Å². The van der Waals surface area contributed by atoms with Crippen LogP contribution in [0.4, 0.5) is 5.82 Å². The van der Waals surface area contributed by atoms with Gasteiger partial charge in [-0.05, 0) is 31.9 Å².